The Morgan fingerprint density at radius 1 is 0.327 bits per heavy atom. The molecule has 0 unspecified atom stereocenters. The first kappa shape index (κ1) is 33.8. The number of hydrogen-bond acceptors (Lipinski definition) is 4. The van der Waals surface area contributed by atoms with Gasteiger partial charge in [-0.1, -0.05) is 133 Å². The summed E-state index contributed by atoms with van der Waals surface area (Å²) in [5.41, 5.74) is 11.7. The van der Waals surface area contributed by atoms with Gasteiger partial charge in [0.1, 0.15) is 11.8 Å². The summed E-state index contributed by atoms with van der Waals surface area (Å²) < 4.78 is 6.15. The molecule has 0 radical (unpaired) electrons. The van der Waals surface area contributed by atoms with Gasteiger partial charge in [0.05, 0.1) is 22.1 Å². The van der Waals surface area contributed by atoms with Crippen molar-refractivity contribution >= 4 is 73.8 Å². The third-order valence-corrected chi connectivity index (χ3v) is 10.1. The van der Waals surface area contributed by atoms with E-state index in [1.807, 2.05) is 48.7 Å². The van der Waals surface area contributed by atoms with Gasteiger partial charge in [-0.3, -0.25) is 0 Å². The molecule has 0 bridgehead atoms. The molecular weight excluding hydrogens is 694 g/mol. The number of halogens is 1. The summed E-state index contributed by atoms with van der Waals surface area (Å²) in [5, 5.41) is 1.58. The molecule has 0 saturated heterocycles. The lowest BCUT2D eigenvalue weighted by Gasteiger charge is -2.31. The minimum Gasteiger partial charge on any atom is -0.462 e. The van der Waals surface area contributed by atoms with E-state index >= 15 is 0 Å². The highest BCUT2D eigenvalue weighted by atomic mass is 35.5. The monoisotopic (exact) mass is 729 g/mol. The van der Waals surface area contributed by atoms with Crippen LogP contribution in [0.4, 0.5) is 51.2 Å². The first-order valence-corrected chi connectivity index (χ1v) is 18.7. The van der Waals surface area contributed by atoms with Gasteiger partial charge in [0.2, 0.25) is 0 Å². The van der Waals surface area contributed by atoms with Crippen LogP contribution in [-0.2, 0) is 0 Å². The fourth-order valence-corrected chi connectivity index (χ4v) is 7.53. The maximum absolute atomic E-state index is 7.74. The maximum Gasteiger partial charge on any atom is 0.136 e. The fourth-order valence-electron chi connectivity index (χ4n) is 7.23. The van der Waals surface area contributed by atoms with Crippen molar-refractivity contribution in [3.63, 3.8) is 0 Å². The predicted octanol–water partition coefficient (Wildman–Crippen LogP) is 15.2. The fraction of sp³-hybridized carbons (Fsp3) is 0. The number of para-hydroxylation sites is 4. The highest BCUT2D eigenvalue weighted by molar-refractivity contribution is 6.36. The Hall–Kier alpha value is -7.01. The van der Waals surface area contributed by atoms with Crippen molar-refractivity contribution in [2.45, 2.75) is 0 Å². The van der Waals surface area contributed by atoms with Crippen LogP contribution in [0.5, 0.6) is 0 Å². The molecule has 0 aliphatic heterocycles. The van der Waals surface area contributed by atoms with E-state index in [1.54, 1.807) is 0 Å². The Bertz CT molecular complexity index is 2640. The van der Waals surface area contributed by atoms with Crippen molar-refractivity contribution < 1.29 is 4.42 Å². The highest BCUT2D eigenvalue weighted by Gasteiger charge is 2.25. The van der Waals surface area contributed by atoms with Crippen molar-refractivity contribution in [2.75, 3.05) is 14.7 Å². The van der Waals surface area contributed by atoms with Crippen LogP contribution in [0.15, 0.2) is 223 Å². The molecule has 9 rings (SSSR count). The van der Waals surface area contributed by atoms with Gasteiger partial charge in [-0.2, -0.15) is 0 Å². The zero-order chi connectivity index (χ0) is 37.0. The molecule has 0 saturated carbocycles. The van der Waals surface area contributed by atoms with E-state index < -0.39 is 0 Å². The molecule has 5 heteroatoms. The van der Waals surface area contributed by atoms with Crippen molar-refractivity contribution in [1.29, 1.82) is 0 Å². The number of fused-ring (bicyclic) bond motifs is 1. The summed E-state index contributed by atoms with van der Waals surface area (Å²) in [5.74, 6) is 0. The van der Waals surface area contributed by atoms with E-state index in [2.05, 4.69) is 185 Å². The molecule has 0 aliphatic carbocycles. The first-order chi connectivity index (χ1) is 27.2. The molecule has 1 heterocycles. The number of nitrogens with zero attached hydrogens (tertiary/aromatic N) is 3. The van der Waals surface area contributed by atoms with Crippen molar-refractivity contribution in [1.82, 2.24) is 0 Å². The van der Waals surface area contributed by atoms with E-state index in [-0.39, 0.29) is 0 Å². The lowest BCUT2D eigenvalue weighted by Crippen LogP contribution is -2.15. The number of hydrogen-bond donors (Lipinski definition) is 0. The van der Waals surface area contributed by atoms with E-state index in [0.717, 1.165) is 73.3 Å². The Morgan fingerprint density at radius 3 is 1.40 bits per heavy atom. The van der Waals surface area contributed by atoms with Crippen LogP contribution in [0.2, 0.25) is 5.02 Å². The molecule has 0 spiro atoms. The van der Waals surface area contributed by atoms with Crippen LogP contribution in [-0.4, -0.2) is 0 Å². The van der Waals surface area contributed by atoms with Crippen molar-refractivity contribution in [3.8, 4) is 11.1 Å². The van der Waals surface area contributed by atoms with Crippen LogP contribution < -0.4 is 14.7 Å². The summed E-state index contributed by atoms with van der Waals surface area (Å²) >= 11 is 7.74. The predicted molar refractivity (Wildman–Crippen MR) is 231 cm³/mol. The topological polar surface area (TPSA) is 22.9 Å². The number of benzene rings is 8. The molecule has 0 fully saturated rings. The van der Waals surface area contributed by atoms with E-state index in [4.69, 9.17) is 16.0 Å². The van der Waals surface area contributed by atoms with Crippen LogP contribution in [0.25, 0.3) is 22.1 Å². The lowest BCUT2D eigenvalue weighted by atomic mass is 10.0. The van der Waals surface area contributed by atoms with Gasteiger partial charge in [-0.25, -0.2) is 0 Å². The summed E-state index contributed by atoms with van der Waals surface area (Å²) in [6.45, 7) is 0. The number of furan rings is 1. The second-order valence-corrected chi connectivity index (χ2v) is 13.6. The molecule has 1 aromatic heterocycles. The lowest BCUT2D eigenvalue weighted by molar-refractivity contribution is 0.616. The van der Waals surface area contributed by atoms with Crippen LogP contribution in [0.3, 0.4) is 0 Å². The Morgan fingerprint density at radius 2 is 0.764 bits per heavy atom. The minimum atomic E-state index is 0.593. The standard InChI is InChI=1S/C50H36ClN3O/c51-50-46(53(41-25-11-4-12-26-41)44-29-16-28-43(35-44)52(39-21-7-2-8-22-39)40-23-9-3-10-24-40)31-17-32-47(50)54(48-36-55-49-33-14-13-30-45(48)49)42-27-15-20-38(34-42)37-18-5-1-6-19-37/h1-36H. The average Bonchev–Trinajstić information content (AvgIpc) is 3.68. The third-order valence-electron chi connectivity index (χ3n) is 9.74. The highest BCUT2D eigenvalue weighted by Crippen LogP contribution is 2.49. The zero-order valence-electron chi connectivity index (χ0n) is 29.9. The second-order valence-electron chi connectivity index (χ2n) is 13.2. The van der Waals surface area contributed by atoms with Crippen molar-refractivity contribution in [2.24, 2.45) is 0 Å². The smallest absolute Gasteiger partial charge is 0.136 e. The first-order valence-electron chi connectivity index (χ1n) is 18.3. The summed E-state index contributed by atoms with van der Waals surface area (Å²) in [7, 11) is 0. The van der Waals surface area contributed by atoms with Gasteiger partial charge >= 0.3 is 0 Å². The maximum atomic E-state index is 7.74. The van der Waals surface area contributed by atoms with Gasteiger partial charge in [0, 0.05) is 39.5 Å². The number of anilines is 9. The van der Waals surface area contributed by atoms with Gasteiger partial charge in [-0.15, -0.1) is 0 Å². The molecule has 264 valence electrons. The van der Waals surface area contributed by atoms with E-state index in [9.17, 15) is 0 Å². The Balaban J connectivity index is 1.22. The normalized spacial score (nSPS) is 11.0. The van der Waals surface area contributed by atoms with E-state index in [1.165, 1.54) is 0 Å². The van der Waals surface area contributed by atoms with Gasteiger partial charge in [0.25, 0.3) is 0 Å². The Labute approximate surface area is 326 Å². The largest absolute Gasteiger partial charge is 0.462 e. The van der Waals surface area contributed by atoms with Crippen LogP contribution in [0, 0.1) is 0 Å². The van der Waals surface area contributed by atoms with Crippen molar-refractivity contribution in [3.05, 3.63) is 224 Å². The summed E-state index contributed by atoms with van der Waals surface area (Å²) in [6, 6.07) is 73.3. The van der Waals surface area contributed by atoms with E-state index in [0.29, 0.717) is 5.02 Å². The molecule has 0 N–H and O–H groups in total. The molecule has 0 atom stereocenters. The minimum absolute atomic E-state index is 0.593. The summed E-state index contributed by atoms with van der Waals surface area (Å²) in [6.07, 6.45) is 1.82. The Kier molecular flexibility index (Phi) is 9.31. The number of rotatable bonds is 10. The average molecular weight is 730 g/mol. The zero-order valence-corrected chi connectivity index (χ0v) is 30.7. The SMILES string of the molecule is Clc1c(N(c2ccccc2)c2cccc(N(c3ccccc3)c3ccccc3)c2)cccc1N(c1cccc(-c2ccccc2)c1)c1coc2ccccc12. The van der Waals surface area contributed by atoms with Gasteiger partial charge in [0.15, 0.2) is 0 Å². The van der Waals surface area contributed by atoms with Crippen LogP contribution >= 0.6 is 11.6 Å². The molecule has 0 amide bonds. The van der Waals surface area contributed by atoms with Gasteiger partial charge < -0.3 is 19.1 Å². The molecule has 9 aromatic rings. The molecule has 0 aliphatic rings. The van der Waals surface area contributed by atoms with Gasteiger partial charge in [-0.05, 0) is 102 Å². The summed E-state index contributed by atoms with van der Waals surface area (Å²) in [4.78, 5) is 6.71. The molecule has 8 aromatic carbocycles. The molecular formula is C50H36ClN3O. The third kappa shape index (κ3) is 6.72. The molecule has 4 nitrogen and oxygen atoms in total. The molecule has 55 heavy (non-hydrogen) atoms. The quantitative estimate of drug-likeness (QED) is 0.140. The van der Waals surface area contributed by atoms with Crippen LogP contribution in [0.1, 0.15) is 0 Å². The second kappa shape index (κ2) is 15.2.